The quantitative estimate of drug-likeness (QED) is 0.727. The molecule has 0 spiro atoms. The number of halogens is 3. The van der Waals surface area contributed by atoms with Crippen LogP contribution in [-0.2, 0) is 16.2 Å². The number of benzene rings is 1. The SMILES string of the molecule is NS(=O)(=O)c1c(C(F)(F)F)ccc([C@H]2CC[C@@H](O)CC2)c1-c1nnn[nH]1. The van der Waals surface area contributed by atoms with E-state index >= 15 is 0 Å². The molecule has 0 unspecified atom stereocenters. The molecule has 1 aliphatic carbocycles. The molecule has 2 aromatic rings. The van der Waals surface area contributed by atoms with Crippen molar-refractivity contribution >= 4 is 10.0 Å². The Bertz CT molecular complexity index is 891. The monoisotopic (exact) mass is 391 g/mol. The fourth-order valence-corrected chi connectivity index (χ4v) is 4.34. The second-order valence-electron chi connectivity index (χ2n) is 6.20. The number of rotatable bonds is 3. The highest BCUT2D eigenvalue weighted by Crippen LogP contribution is 2.44. The van der Waals surface area contributed by atoms with Gasteiger partial charge in [-0.05, 0) is 53.7 Å². The Hall–Kier alpha value is -2.05. The molecule has 0 bridgehead atoms. The molecule has 8 nitrogen and oxygen atoms in total. The summed E-state index contributed by atoms with van der Waals surface area (Å²) >= 11 is 0. The number of hydrogen-bond donors (Lipinski definition) is 3. The van der Waals surface area contributed by atoms with E-state index in [0.29, 0.717) is 37.3 Å². The maximum atomic E-state index is 13.4. The first-order chi connectivity index (χ1) is 12.1. The Labute approximate surface area is 146 Å². The second-order valence-corrected chi connectivity index (χ2v) is 7.70. The summed E-state index contributed by atoms with van der Waals surface area (Å²) in [4.78, 5) is -1.05. The van der Waals surface area contributed by atoms with Gasteiger partial charge in [-0.15, -0.1) is 5.10 Å². The number of nitrogens with two attached hydrogens (primary N) is 1. The Kier molecular flexibility index (Phi) is 4.75. The van der Waals surface area contributed by atoms with E-state index in [1.54, 1.807) is 0 Å². The molecule has 0 atom stereocenters. The van der Waals surface area contributed by atoms with Crippen LogP contribution in [0.4, 0.5) is 13.2 Å². The van der Waals surface area contributed by atoms with Gasteiger partial charge in [0.05, 0.1) is 11.7 Å². The lowest BCUT2D eigenvalue weighted by Crippen LogP contribution is -2.23. The third-order valence-electron chi connectivity index (χ3n) is 4.50. The summed E-state index contributed by atoms with van der Waals surface area (Å²) < 4.78 is 64.3. The molecular formula is C14H16F3N5O3S. The number of nitrogens with one attached hydrogen (secondary N) is 1. The van der Waals surface area contributed by atoms with Crippen molar-refractivity contribution in [2.24, 2.45) is 5.14 Å². The maximum absolute atomic E-state index is 13.4. The highest BCUT2D eigenvalue weighted by molar-refractivity contribution is 7.89. The molecule has 4 N–H and O–H groups in total. The van der Waals surface area contributed by atoms with Gasteiger partial charge >= 0.3 is 6.18 Å². The molecule has 1 aliphatic rings. The molecule has 1 fully saturated rings. The lowest BCUT2D eigenvalue weighted by molar-refractivity contribution is -0.139. The molecular weight excluding hydrogens is 375 g/mol. The third kappa shape index (κ3) is 3.57. The fraction of sp³-hybridized carbons (Fsp3) is 0.500. The summed E-state index contributed by atoms with van der Waals surface area (Å²) in [7, 11) is -4.73. The van der Waals surface area contributed by atoms with Crippen molar-refractivity contribution in [2.45, 2.75) is 48.8 Å². The number of alkyl halides is 3. The number of H-pyrrole nitrogens is 1. The van der Waals surface area contributed by atoms with Gasteiger partial charge in [0, 0.05) is 5.56 Å². The normalized spacial score (nSPS) is 21.7. The molecule has 0 saturated heterocycles. The molecule has 26 heavy (non-hydrogen) atoms. The van der Waals surface area contributed by atoms with E-state index in [1.165, 1.54) is 6.07 Å². The van der Waals surface area contributed by atoms with Crippen LogP contribution in [-0.4, -0.2) is 40.3 Å². The summed E-state index contributed by atoms with van der Waals surface area (Å²) in [5, 5.41) is 27.4. The number of aliphatic hydroxyl groups is 1. The predicted molar refractivity (Wildman–Crippen MR) is 83.2 cm³/mol. The second kappa shape index (κ2) is 6.59. The Morgan fingerprint density at radius 3 is 2.35 bits per heavy atom. The van der Waals surface area contributed by atoms with Crippen molar-refractivity contribution in [1.82, 2.24) is 20.6 Å². The van der Waals surface area contributed by atoms with Crippen LogP contribution in [0.2, 0.25) is 0 Å². The van der Waals surface area contributed by atoms with Crippen molar-refractivity contribution in [3.63, 3.8) is 0 Å². The fourth-order valence-electron chi connectivity index (χ4n) is 3.35. The van der Waals surface area contributed by atoms with E-state index in [9.17, 15) is 26.7 Å². The summed E-state index contributed by atoms with van der Waals surface area (Å²) in [6, 6.07) is 1.95. The zero-order valence-electron chi connectivity index (χ0n) is 13.4. The van der Waals surface area contributed by atoms with Gasteiger partial charge in [0.2, 0.25) is 10.0 Å². The van der Waals surface area contributed by atoms with Crippen molar-refractivity contribution in [3.8, 4) is 11.4 Å². The van der Waals surface area contributed by atoms with Gasteiger partial charge in [0.15, 0.2) is 5.82 Å². The molecule has 1 heterocycles. The number of aromatic amines is 1. The number of sulfonamides is 1. The summed E-state index contributed by atoms with van der Waals surface area (Å²) in [6.45, 7) is 0. The van der Waals surface area contributed by atoms with Crippen LogP contribution < -0.4 is 5.14 Å². The maximum Gasteiger partial charge on any atom is 0.417 e. The van der Waals surface area contributed by atoms with Crippen molar-refractivity contribution in [3.05, 3.63) is 23.3 Å². The van der Waals surface area contributed by atoms with Gasteiger partial charge in [0.25, 0.3) is 0 Å². The van der Waals surface area contributed by atoms with E-state index in [-0.39, 0.29) is 17.3 Å². The van der Waals surface area contributed by atoms with Gasteiger partial charge in [-0.25, -0.2) is 18.7 Å². The first-order valence-corrected chi connectivity index (χ1v) is 9.32. The van der Waals surface area contributed by atoms with E-state index in [1.807, 2.05) is 0 Å². The lowest BCUT2D eigenvalue weighted by atomic mass is 9.80. The molecule has 12 heteroatoms. The van der Waals surface area contributed by atoms with Crippen LogP contribution in [0.5, 0.6) is 0 Å². The van der Waals surface area contributed by atoms with Crippen molar-refractivity contribution in [1.29, 1.82) is 0 Å². The topological polar surface area (TPSA) is 135 Å². The number of aromatic nitrogens is 4. The molecule has 1 saturated carbocycles. The standard InChI is InChI=1S/C14H16F3N5O3S/c15-14(16,17)10-6-5-9(7-1-3-8(23)4-2-7)11(12(10)26(18,24)25)13-19-21-22-20-13/h5-8,23H,1-4H2,(H2,18,24,25)(H,19,20,21,22)/t7-,8+. The Balaban J connectivity index is 2.30. The summed E-state index contributed by atoms with van der Waals surface area (Å²) in [6.07, 6.45) is -3.50. The lowest BCUT2D eigenvalue weighted by Gasteiger charge is -2.28. The van der Waals surface area contributed by atoms with Gasteiger partial charge in [-0.1, -0.05) is 6.07 Å². The smallest absolute Gasteiger partial charge is 0.393 e. The zero-order chi connectivity index (χ0) is 19.1. The average molecular weight is 391 g/mol. The van der Waals surface area contributed by atoms with Crippen LogP contribution in [0.25, 0.3) is 11.4 Å². The third-order valence-corrected chi connectivity index (χ3v) is 5.49. The minimum atomic E-state index is -4.93. The Morgan fingerprint density at radius 2 is 1.85 bits per heavy atom. The number of aliphatic hydroxyl groups excluding tert-OH is 1. The van der Waals surface area contributed by atoms with Gasteiger partial charge in [-0.3, -0.25) is 0 Å². The number of hydrogen-bond acceptors (Lipinski definition) is 6. The number of nitrogens with zero attached hydrogens (tertiary/aromatic N) is 3. The molecule has 0 aliphatic heterocycles. The number of tetrazole rings is 1. The van der Waals surface area contributed by atoms with Crippen LogP contribution in [0.3, 0.4) is 0 Å². The van der Waals surface area contributed by atoms with Crippen LogP contribution in [0.15, 0.2) is 17.0 Å². The van der Waals surface area contributed by atoms with E-state index in [0.717, 1.165) is 0 Å². The van der Waals surface area contributed by atoms with Gasteiger partial charge < -0.3 is 5.11 Å². The zero-order valence-corrected chi connectivity index (χ0v) is 14.2. The Morgan fingerprint density at radius 1 is 1.19 bits per heavy atom. The molecule has 0 radical (unpaired) electrons. The van der Waals surface area contributed by atoms with E-state index in [2.05, 4.69) is 20.6 Å². The average Bonchev–Trinajstić information content (AvgIpc) is 3.06. The molecule has 1 aromatic heterocycles. The minimum absolute atomic E-state index is 0.207. The van der Waals surface area contributed by atoms with Gasteiger partial charge in [-0.2, -0.15) is 13.2 Å². The number of primary sulfonamides is 1. The van der Waals surface area contributed by atoms with Crippen LogP contribution in [0, 0.1) is 0 Å². The first-order valence-electron chi connectivity index (χ1n) is 7.78. The highest BCUT2D eigenvalue weighted by Gasteiger charge is 2.40. The first kappa shape index (κ1) is 18.7. The highest BCUT2D eigenvalue weighted by atomic mass is 32.2. The summed E-state index contributed by atoms with van der Waals surface area (Å²) in [5.41, 5.74) is -1.29. The van der Waals surface area contributed by atoms with E-state index in [4.69, 9.17) is 5.14 Å². The molecule has 0 amide bonds. The molecule has 3 rings (SSSR count). The van der Waals surface area contributed by atoms with Crippen molar-refractivity contribution in [2.75, 3.05) is 0 Å². The molecule has 1 aromatic carbocycles. The summed E-state index contributed by atoms with van der Waals surface area (Å²) in [5.74, 6) is -0.456. The van der Waals surface area contributed by atoms with Crippen LogP contribution >= 0.6 is 0 Å². The van der Waals surface area contributed by atoms with Gasteiger partial charge in [0.1, 0.15) is 4.90 Å². The molecule has 142 valence electrons. The minimum Gasteiger partial charge on any atom is -0.393 e. The van der Waals surface area contributed by atoms with Crippen LogP contribution in [0.1, 0.15) is 42.7 Å². The van der Waals surface area contributed by atoms with Crippen molar-refractivity contribution < 1.29 is 26.7 Å². The van der Waals surface area contributed by atoms with E-state index < -0.39 is 32.8 Å². The largest absolute Gasteiger partial charge is 0.417 e. The predicted octanol–water partition coefficient (Wildman–Crippen LogP) is 1.55.